The Bertz CT molecular complexity index is 570. The third-order valence-corrected chi connectivity index (χ3v) is 4.38. The molecule has 2 nitrogen and oxygen atoms in total. The first-order valence-electron chi connectivity index (χ1n) is 6.52. The van der Waals surface area contributed by atoms with Gasteiger partial charge >= 0.3 is 0 Å². The summed E-state index contributed by atoms with van der Waals surface area (Å²) < 4.78 is 7.14. The molecule has 1 N–H and O–H groups in total. The topological polar surface area (TPSA) is 21.3 Å². The van der Waals surface area contributed by atoms with Crippen molar-refractivity contribution >= 4 is 28.3 Å². The first kappa shape index (κ1) is 12.9. The molecule has 0 amide bonds. The minimum atomic E-state index is 0.154. The summed E-state index contributed by atoms with van der Waals surface area (Å²) in [6.45, 7) is 1.63. The Morgan fingerprint density at radius 3 is 2.79 bits per heavy atom. The largest absolute Gasteiger partial charge is 0.381 e. The van der Waals surface area contributed by atoms with Crippen LogP contribution < -0.4 is 5.32 Å². The second-order valence-corrected chi connectivity index (χ2v) is 5.83. The van der Waals surface area contributed by atoms with E-state index in [0.29, 0.717) is 0 Å². The summed E-state index contributed by atoms with van der Waals surface area (Å²) in [5, 5.41) is 3.49. The van der Waals surface area contributed by atoms with E-state index in [0.717, 1.165) is 19.6 Å². The zero-order valence-corrected chi connectivity index (χ0v) is 12.8. The normalized spacial score (nSPS) is 17.8. The Labute approximate surface area is 127 Å². The van der Waals surface area contributed by atoms with Gasteiger partial charge in [-0.3, -0.25) is 0 Å². The molecule has 0 aromatic heterocycles. The smallest absolute Gasteiger partial charge is 0.0999 e. The first-order valence-corrected chi connectivity index (χ1v) is 7.60. The summed E-state index contributed by atoms with van der Waals surface area (Å²) in [6.07, 6.45) is 1.18. The number of halogens is 1. The number of para-hydroxylation sites is 1. The molecule has 0 fully saturated rings. The molecule has 98 valence electrons. The van der Waals surface area contributed by atoms with Gasteiger partial charge in [0, 0.05) is 15.8 Å². The van der Waals surface area contributed by atoms with Crippen molar-refractivity contribution in [3.63, 3.8) is 0 Å². The van der Waals surface area contributed by atoms with Crippen LogP contribution in [0.15, 0.2) is 48.5 Å². The van der Waals surface area contributed by atoms with Crippen LogP contribution in [0.2, 0.25) is 0 Å². The monoisotopic (exact) mass is 365 g/mol. The lowest BCUT2D eigenvalue weighted by atomic mass is 9.97. The fraction of sp³-hybridized carbons (Fsp3) is 0.250. The fourth-order valence-corrected chi connectivity index (χ4v) is 3.03. The quantitative estimate of drug-likeness (QED) is 0.830. The Balaban J connectivity index is 1.73. The van der Waals surface area contributed by atoms with Crippen LogP contribution in [0, 0.1) is 3.57 Å². The highest BCUT2D eigenvalue weighted by atomic mass is 127. The van der Waals surface area contributed by atoms with Crippen molar-refractivity contribution in [2.24, 2.45) is 0 Å². The Hall–Kier alpha value is -1.07. The van der Waals surface area contributed by atoms with Crippen LogP contribution in [-0.2, 0) is 11.2 Å². The van der Waals surface area contributed by atoms with E-state index in [2.05, 4.69) is 76.4 Å². The van der Waals surface area contributed by atoms with Gasteiger partial charge in [-0.1, -0.05) is 36.4 Å². The lowest BCUT2D eigenvalue weighted by Gasteiger charge is -2.26. The van der Waals surface area contributed by atoms with Crippen LogP contribution in [-0.4, -0.2) is 13.2 Å². The molecule has 1 aliphatic heterocycles. The van der Waals surface area contributed by atoms with Gasteiger partial charge in [0.25, 0.3) is 0 Å². The molecule has 0 spiro atoms. The summed E-state index contributed by atoms with van der Waals surface area (Å²) in [7, 11) is 0. The molecule has 1 atom stereocenters. The molecule has 3 heteroatoms. The molecule has 19 heavy (non-hydrogen) atoms. The molecule has 0 aliphatic carbocycles. The van der Waals surface area contributed by atoms with Gasteiger partial charge in [-0.05, 0) is 52.3 Å². The van der Waals surface area contributed by atoms with Crippen LogP contribution in [0.1, 0.15) is 17.2 Å². The Morgan fingerprint density at radius 2 is 1.89 bits per heavy atom. The number of ether oxygens (including phenoxy) is 1. The Morgan fingerprint density at radius 1 is 1.11 bits per heavy atom. The lowest BCUT2D eigenvalue weighted by Crippen LogP contribution is -2.22. The van der Waals surface area contributed by atoms with Crippen LogP contribution in [0.4, 0.5) is 5.69 Å². The summed E-state index contributed by atoms with van der Waals surface area (Å²) in [4.78, 5) is 0. The molecule has 2 aromatic carbocycles. The van der Waals surface area contributed by atoms with Gasteiger partial charge in [0.15, 0.2) is 0 Å². The summed E-state index contributed by atoms with van der Waals surface area (Å²) in [5.74, 6) is 0. The standard InChI is InChI=1S/C16H16INO/c17-14-7-3-4-8-15(14)18-11-16-13-6-2-1-5-12(13)9-10-19-16/h1-8,16,18H,9-11H2. The van der Waals surface area contributed by atoms with E-state index in [1.54, 1.807) is 0 Å². The molecular weight excluding hydrogens is 349 g/mol. The zero-order valence-electron chi connectivity index (χ0n) is 10.6. The van der Waals surface area contributed by atoms with Crippen LogP contribution in [0.3, 0.4) is 0 Å². The molecule has 0 radical (unpaired) electrons. The summed E-state index contributed by atoms with van der Waals surface area (Å²) in [6, 6.07) is 16.9. The van der Waals surface area contributed by atoms with E-state index in [4.69, 9.17) is 4.74 Å². The van der Waals surface area contributed by atoms with Gasteiger partial charge in [0.2, 0.25) is 0 Å². The molecule has 1 heterocycles. The molecule has 2 aromatic rings. The lowest BCUT2D eigenvalue weighted by molar-refractivity contribution is 0.0513. The van der Waals surface area contributed by atoms with E-state index in [1.165, 1.54) is 20.4 Å². The van der Waals surface area contributed by atoms with E-state index >= 15 is 0 Å². The van der Waals surface area contributed by atoms with E-state index < -0.39 is 0 Å². The minimum Gasteiger partial charge on any atom is -0.381 e. The van der Waals surface area contributed by atoms with E-state index in [-0.39, 0.29) is 6.10 Å². The summed E-state index contributed by atoms with van der Waals surface area (Å²) in [5.41, 5.74) is 3.92. The highest BCUT2D eigenvalue weighted by Gasteiger charge is 2.20. The molecule has 3 rings (SSSR count). The third kappa shape index (κ3) is 2.92. The van der Waals surface area contributed by atoms with Crippen molar-refractivity contribution < 1.29 is 4.74 Å². The molecule has 1 unspecified atom stereocenters. The van der Waals surface area contributed by atoms with Crippen molar-refractivity contribution in [1.29, 1.82) is 0 Å². The fourth-order valence-electron chi connectivity index (χ4n) is 2.45. The second kappa shape index (κ2) is 5.92. The molecule has 1 aliphatic rings. The zero-order chi connectivity index (χ0) is 13.1. The highest BCUT2D eigenvalue weighted by molar-refractivity contribution is 14.1. The van der Waals surface area contributed by atoms with Crippen molar-refractivity contribution in [3.05, 3.63) is 63.2 Å². The van der Waals surface area contributed by atoms with Gasteiger partial charge in [-0.2, -0.15) is 0 Å². The number of hydrogen-bond acceptors (Lipinski definition) is 2. The van der Waals surface area contributed by atoms with Gasteiger partial charge in [0.1, 0.15) is 0 Å². The van der Waals surface area contributed by atoms with Crippen molar-refractivity contribution in [2.75, 3.05) is 18.5 Å². The highest BCUT2D eigenvalue weighted by Crippen LogP contribution is 2.27. The van der Waals surface area contributed by atoms with Crippen LogP contribution in [0.25, 0.3) is 0 Å². The van der Waals surface area contributed by atoms with Crippen molar-refractivity contribution in [1.82, 2.24) is 0 Å². The van der Waals surface area contributed by atoms with Gasteiger partial charge in [-0.15, -0.1) is 0 Å². The predicted molar refractivity (Wildman–Crippen MR) is 86.5 cm³/mol. The van der Waals surface area contributed by atoms with Gasteiger partial charge in [-0.25, -0.2) is 0 Å². The first-order chi connectivity index (χ1) is 9.34. The number of anilines is 1. The number of benzene rings is 2. The Kier molecular flexibility index (Phi) is 4.03. The molecular formula is C16H16INO. The third-order valence-electron chi connectivity index (χ3n) is 3.44. The maximum Gasteiger partial charge on any atom is 0.0999 e. The number of hydrogen-bond donors (Lipinski definition) is 1. The molecule has 0 bridgehead atoms. The van der Waals surface area contributed by atoms with Gasteiger partial charge < -0.3 is 10.1 Å². The maximum atomic E-state index is 5.90. The average Bonchev–Trinajstić information content (AvgIpc) is 2.46. The van der Waals surface area contributed by atoms with Crippen molar-refractivity contribution in [2.45, 2.75) is 12.5 Å². The summed E-state index contributed by atoms with van der Waals surface area (Å²) >= 11 is 2.35. The SMILES string of the molecule is Ic1ccccc1NCC1OCCc2ccccc21. The van der Waals surface area contributed by atoms with Crippen LogP contribution >= 0.6 is 22.6 Å². The number of nitrogens with one attached hydrogen (secondary N) is 1. The molecule has 0 saturated heterocycles. The van der Waals surface area contributed by atoms with E-state index in [9.17, 15) is 0 Å². The van der Waals surface area contributed by atoms with Gasteiger partial charge in [0.05, 0.1) is 12.7 Å². The van der Waals surface area contributed by atoms with E-state index in [1.807, 2.05) is 0 Å². The minimum absolute atomic E-state index is 0.154. The second-order valence-electron chi connectivity index (χ2n) is 4.67. The maximum absolute atomic E-state index is 5.90. The average molecular weight is 365 g/mol. The predicted octanol–water partition coefficient (Wildman–Crippen LogP) is 4.02. The van der Waals surface area contributed by atoms with Crippen LogP contribution in [0.5, 0.6) is 0 Å². The number of fused-ring (bicyclic) bond motifs is 1. The number of rotatable bonds is 3. The van der Waals surface area contributed by atoms with Crippen molar-refractivity contribution in [3.8, 4) is 0 Å². The molecule has 0 saturated carbocycles.